The Kier molecular flexibility index (Phi) is 5.19. The van der Waals surface area contributed by atoms with Crippen LogP contribution in [0.2, 0.25) is 5.02 Å². The van der Waals surface area contributed by atoms with Crippen LogP contribution in [0.5, 0.6) is 0 Å². The minimum Gasteiger partial charge on any atom is -0.358 e. The first-order chi connectivity index (χ1) is 15.5. The lowest BCUT2D eigenvalue weighted by Crippen LogP contribution is -2.48. The van der Waals surface area contributed by atoms with Crippen molar-refractivity contribution in [1.29, 1.82) is 0 Å². The third-order valence-electron chi connectivity index (χ3n) is 5.73. The first kappa shape index (κ1) is 20.7. The van der Waals surface area contributed by atoms with Gasteiger partial charge in [-0.15, -0.1) is 0 Å². The number of fused-ring (bicyclic) bond motifs is 2. The molecule has 0 saturated carbocycles. The lowest BCUT2D eigenvalue weighted by atomic mass is 10.00. The number of rotatable bonds is 3. The molecule has 4 aromatic rings. The standard InChI is InChI=1S/C23H18ClFN4O2S/c1-2-18(31)28-8-10-29(11-9-28)23-15-12-16(24)19(20(25)22(15)27-32-23)14-5-3-4-13-6-7-17(30)26-21(13)14/h2-7,12H,1,8-11H2,(H,26,30). The van der Waals surface area contributed by atoms with Crippen molar-refractivity contribution >= 4 is 55.8 Å². The number of nitrogens with one attached hydrogen (secondary N) is 1. The second-order valence-electron chi connectivity index (χ2n) is 7.54. The van der Waals surface area contributed by atoms with E-state index in [9.17, 15) is 9.59 Å². The molecule has 9 heteroatoms. The molecule has 32 heavy (non-hydrogen) atoms. The fourth-order valence-electron chi connectivity index (χ4n) is 4.12. The molecule has 1 fully saturated rings. The van der Waals surface area contributed by atoms with Gasteiger partial charge in [-0.05, 0) is 35.1 Å². The van der Waals surface area contributed by atoms with E-state index < -0.39 is 5.82 Å². The minimum atomic E-state index is -0.521. The molecule has 3 heterocycles. The Bertz CT molecular complexity index is 1440. The molecule has 1 amide bonds. The summed E-state index contributed by atoms with van der Waals surface area (Å²) in [6.07, 6.45) is 1.31. The van der Waals surface area contributed by atoms with Gasteiger partial charge >= 0.3 is 0 Å². The molecule has 0 bridgehead atoms. The number of nitrogens with zero attached hydrogens (tertiary/aromatic N) is 3. The van der Waals surface area contributed by atoms with Crippen molar-refractivity contribution in [3.05, 3.63) is 70.2 Å². The number of piperazine rings is 1. The predicted molar refractivity (Wildman–Crippen MR) is 127 cm³/mol. The Labute approximate surface area is 191 Å². The maximum absolute atomic E-state index is 15.7. The molecular formula is C23H18ClFN4O2S. The van der Waals surface area contributed by atoms with E-state index in [0.29, 0.717) is 42.6 Å². The van der Waals surface area contributed by atoms with Crippen LogP contribution in [-0.2, 0) is 4.79 Å². The van der Waals surface area contributed by atoms with Crippen LogP contribution in [-0.4, -0.2) is 46.3 Å². The number of hydrogen-bond acceptors (Lipinski definition) is 5. The fourth-order valence-corrected chi connectivity index (χ4v) is 5.32. The summed E-state index contributed by atoms with van der Waals surface area (Å²) >= 11 is 7.81. The second kappa shape index (κ2) is 8.03. The van der Waals surface area contributed by atoms with Gasteiger partial charge in [0.25, 0.3) is 0 Å². The van der Waals surface area contributed by atoms with Crippen molar-refractivity contribution in [3.63, 3.8) is 0 Å². The molecule has 0 radical (unpaired) electrons. The van der Waals surface area contributed by atoms with E-state index in [-0.39, 0.29) is 27.6 Å². The molecule has 0 atom stereocenters. The summed E-state index contributed by atoms with van der Waals surface area (Å²) in [5.74, 6) is -0.613. The Morgan fingerprint density at radius 3 is 2.75 bits per heavy atom. The van der Waals surface area contributed by atoms with Crippen LogP contribution in [0.3, 0.4) is 0 Å². The summed E-state index contributed by atoms with van der Waals surface area (Å²) in [4.78, 5) is 30.3. The summed E-state index contributed by atoms with van der Waals surface area (Å²) in [6, 6.07) is 10.2. The molecule has 162 valence electrons. The van der Waals surface area contributed by atoms with Crippen LogP contribution in [0.15, 0.2) is 53.8 Å². The summed E-state index contributed by atoms with van der Waals surface area (Å²) in [5, 5.41) is 2.49. The van der Waals surface area contributed by atoms with Gasteiger partial charge in [-0.3, -0.25) is 9.59 Å². The monoisotopic (exact) mass is 468 g/mol. The number of pyridine rings is 1. The largest absolute Gasteiger partial charge is 0.358 e. The molecule has 1 saturated heterocycles. The molecule has 0 spiro atoms. The van der Waals surface area contributed by atoms with Crippen molar-refractivity contribution < 1.29 is 9.18 Å². The van der Waals surface area contributed by atoms with Crippen molar-refractivity contribution in [2.75, 3.05) is 31.1 Å². The number of hydrogen-bond donors (Lipinski definition) is 1. The van der Waals surface area contributed by atoms with Gasteiger partial charge in [-0.1, -0.05) is 36.4 Å². The predicted octanol–water partition coefficient (Wildman–Crippen LogP) is 4.43. The number of amides is 1. The van der Waals surface area contributed by atoms with E-state index in [1.807, 2.05) is 6.07 Å². The van der Waals surface area contributed by atoms with E-state index in [1.165, 1.54) is 23.7 Å². The number of aromatic amines is 1. The van der Waals surface area contributed by atoms with Gasteiger partial charge in [0.2, 0.25) is 11.5 Å². The molecular weight excluding hydrogens is 451 g/mol. The molecule has 5 rings (SSSR count). The maximum atomic E-state index is 15.7. The lowest BCUT2D eigenvalue weighted by Gasteiger charge is -2.34. The third-order valence-corrected chi connectivity index (χ3v) is 6.95. The van der Waals surface area contributed by atoms with Crippen molar-refractivity contribution in [3.8, 4) is 11.1 Å². The number of halogens is 2. The van der Waals surface area contributed by atoms with Crippen molar-refractivity contribution in [2.24, 2.45) is 0 Å². The highest BCUT2D eigenvalue weighted by atomic mass is 35.5. The number of anilines is 1. The molecule has 1 aliphatic heterocycles. The molecule has 0 aliphatic carbocycles. The minimum absolute atomic E-state index is 0.0920. The second-order valence-corrected chi connectivity index (χ2v) is 8.70. The first-order valence-corrected chi connectivity index (χ1v) is 11.2. The zero-order valence-electron chi connectivity index (χ0n) is 16.9. The zero-order valence-corrected chi connectivity index (χ0v) is 18.5. The topological polar surface area (TPSA) is 69.3 Å². The first-order valence-electron chi connectivity index (χ1n) is 10.0. The highest BCUT2D eigenvalue weighted by molar-refractivity contribution is 7.11. The summed E-state index contributed by atoms with van der Waals surface area (Å²) in [5.41, 5.74) is 1.22. The molecule has 2 aromatic carbocycles. The van der Waals surface area contributed by atoms with Crippen molar-refractivity contribution in [2.45, 2.75) is 0 Å². The number of carbonyl (C=O) groups excluding carboxylic acids is 1. The SMILES string of the molecule is C=CC(=O)N1CCN(c2snc3c(F)c(-c4cccc5ccc(=O)[nH]c45)c(Cl)cc23)CC1. The summed E-state index contributed by atoms with van der Waals surface area (Å²) < 4.78 is 20.1. The van der Waals surface area contributed by atoms with Crippen LogP contribution in [0.4, 0.5) is 9.39 Å². The van der Waals surface area contributed by atoms with Gasteiger partial charge < -0.3 is 14.8 Å². The van der Waals surface area contributed by atoms with E-state index in [0.717, 1.165) is 10.4 Å². The molecule has 0 unspecified atom stereocenters. The molecule has 6 nitrogen and oxygen atoms in total. The fraction of sp³-hybridized carbons (Fsp3) is 0.174. The van der Waals surface area contributed by atoms with Gasteiger partial charge in [0.1, 0.15) is 10.5 Å². The van der Waals surface area contributed by atoms with E-state index in [2.05, 4.69) is 20.8 Å². The van der Waals surface area contributed by atoms with Crippen LogP contribution >= 0.6 is 23.1 Å². The zero-order chi connectivity index (χ0) is 22.4. The average Bonchev–Trinajstić information content (AvgIpc) is 3.23. The van der Waals surface area contributed by atoms with E-state index in [4.69, 9.17) is 11.6 Å². The van der Waals surface area contributed by atoms with Gasteiger partial charge in [-0.2, -0.15) is 4.37 Å². The quantitative estimate of drug-likeness (QED) is 0.451. The average molecular weight is 469 g/mol. The normalized spacial score (nSPS) is 14.3. The number of para-hydroxylation sites is 1. The maximum Gasteiger partial charge on any atom is 0.248 e. The van der Waals surface area contributed by atoms with Crippen LogP contribution in [0.1, 0.15) is 0 Å². The highest BCUT2D eigenvalue weighted by Gasteiger charge is 2.25. The Morgan fingerprint density at radius 2 is 2.00 bits per heavy atom. The van der Waals surface area contributed by atoms with Crippen LogP contribution in [0.25, 0.3) is 32.9 Å². The molecule has 1 N–H and O–H groups in total. The van der Waals surface area contributed by atoms with Gasteiger partial charge in [0.05, 0.1) is 10.5 Å². The number of H-pyrrole nitrogens is 1. The third kappa shape index (κ3) is 3.36. The number of benzene rings is 2. The van der Waals surface area contributed by atoms with Crippen LogP contribution in [0, 0.1) is 5.82 Å². The summed E-state index contributed by atoms with van der Waals surface area (Å²) in [7, 11) is 0. The summed E-state index contributed by atoms with van der Waals surface area (Å²) in [6.45, 7) is 5.88. The van der Waals surface area contributed by atoms with E-state index >= 15 is 4.39 Å². The Balaban J connectivity index is 1.58. The molecule has 2 aromatic heterocycles. The smallest absolute Gasteiger partial charge is 0.248 e. The van der Waals surface area contributed by atoms with E-state index in [1.54, 1.807) is 29.2 Å². The van der Waals surface area contributed by atoms with Gasteiger partial charge in [0, 0.05) is 48.8 Å². The highest BCUT2D eigenvalue weighted by Crippen LogP contribution is 2.42. The molecule has 1 aliphatic rings. The van der Waals surface area contributed by atoms with Gasteiger partial charge in [-0.25, -0.2) is 4.39 Å². The van der Waals surface area contributed by atoms with Crippen LogP contribution < -0.4 is 10.5 Å². The number of carbonyl (C=O) groups is 1. The Hall–Kier alpha value is -3.23. The number of aromatic nitrogens is 2. The lowest BCUT2D eigenvalue weighted by molar-refractivity contribution is -0.126. The Morgan fingerprint density at radius 1 is 1.22 bits per heavy atom. The van der Waals surface area contributed by atoms with Crippen molar-refractivity contribution in [1.82, 2.24) is 14.3 Å². The van der Waals surface area contributed by atoms with Gasteiger partial charge in [0.15, 0.2) is 5.82 Å².